The molecule has 0 aliphatic heterocycles. The molecule has 36 heavy (non-hydrogen) atoms. The van der Waals surface area contributed by atoms with Crippen molar-refractivity contribution in [2.24, 2.45) is 0 Å². The van der Waals surface area contributed by atoms with Crippen LogP contribution in [0.25, 0.3) is 22.4 Å². The van der Waals surface area contributed by atoms with E-state index in [0.29, 0.717) is 38.7 Å². The highest BCUT2D eigenvalue weighted by Gasteiger charge is 2.19. The van der Waals surface area contributed by atoms with Crippen LogP contribution in [0.15, 0.2) is 88.8 Å². The zero-order valence-corrected chi connectivity index (χ0v) is 22.2. The molecule has 0 atom stereocenters. The quantitative estimate of drug-likeness (QED) is 0.272. The third kappa shape index (κ3) is 5.56. The molecule has 4 rings (SSSR count). The molecular formula is C27H23ClN2O4S2. The Kier molecular flexibility index (Phi) is 7.68. The number of halogens is 1. The van der Waals surface area contributed by atoms with E-state index in [1.54, 1.807) is 54.4 Å². The van der Waals surface area contributed by atoms with Gasteiger partial charge < -0.3 is 10.1 Å². The van der Waals surface area contributed by atoms with E-state index in [9.17, 15) is 13.2 Å². The van der Waals surface area contributed by atoms with Crippen LogP contribution < -0.4 is 10.1 Å². The first-order chi connectivity index (χ1) is 17.2. The topological polar surface area (TPSA) is 85.4 Å². The molecule has 1 aromatic heterocycles. The van der Waals surface area contributed by atoms with Gasteiger partial charge in [0.2, 0.25) is 0 Å². The number of methoxy groups -OCH3 is 1. The van der Waals surface area contributed by atoms with Crippen molar-refractivity contribution in [2.45, 2.75) is 9.79 Å². The Bertz CT molecular complexity index is 1540. The molecule has 0 unspecified atom stereocenters. The van der Waals surface area contributed by atoms with E-state index in [1.807, 2.05) is 36.6 Å². The smallest absolute Gasteiger partial charge is 0.256 e. The lowest BCUT2D eigenvalue weighted by atomic mass is 9.98. The highest BCUT2D eigenvalue weighted by Crippen LogP contribution is 2.35. The highest BCUT2D eigenvalue weighted by atomic mass is 35.5. The molecule has 0 fully saturated rings. The minimum atomic E-state index is -3.48. The van der Waals surface area contributed by atoms with Crippen LogP contribution in [0.1, 0.15) is 10.4 Å². The summed E-state index contributed by atoms with van der Waals surface area (Å²) in [5, 5.41) is 3.47. The zero-order valence-electron chi connectivity index (χ0n) is 19.8. The minimum absolute atomic E-state index is 0.0870. The SMILES string of the molecule is COc1cc(-c2cc(SC)ccc2C(=O)Nc2ccc(Cl)c(-c3ccccn3)c2)ccc1S(C)(=O)=O. The highest BCUT2D eigenvalue weighted by molar-refractivity contribution is 7.98. The molecule has 9 heteroatoms. The predicted molar refractivity (Wildman–Crippen MR) is 146 cm³/mol. The van der Waals surface area contributed by atoms with E-state index in [-0.39, 0.29) is 16.6 Å². The maximum Gasteiger partial charge on any atom is 0.256 e. The normalized spacial score (nSPS) is 11.2. The van der Waals surface area contributed by atoms with E-state index < -0.39 is 9.84 Å². The average Bonchev–Trinajstić information content (AvgIpc) is 2.89. The number of sulfone groups is 1. The predicted octanol–water partition coefficient (Wildman–Crippen LogP) is 6.46. The number of anilines is 1. The second kappa shape index (κ2) is 10.7. The summed E-state index contributed by atoms with van der Waals surface area (Å²) < 4.78 is 29.6. The van der Waals surface area contributed by atoms with Crippen molar-refractivity contribution in [2.75, 3.05) is 24.9 Å². The Morgan fingerprint density at radius 2 is 1.81 bits per heavy atom. The average molecular weight is 539 g/mol. The molecule has 0 aliphatic rings. The van der Waals surface area contributed by atoms with Crippen molar-refractivity contribution < 1.29 is 17.9 Å². The Labute approximate surface area is 219 Å². The van der Waals surface area contributed by atoms with E-state index >= 15 is 0 Å². The van der Waals surface area contributed by atoms with E-state index in [0.717, 1.165) is 11.2 Å². The number of rotatable bonds is 7. The van der Waals surface area contributed by atoms with Crippen molar-refractivity contribution in [1.82, 2.24) is 4.98 Å². The number of hydrogen-bond acceptors (Lipinski definition) is 6. The Morgan fingerprint density at radius 3 is 2.47 bits per heavy atom. The summed E-state index contributed by atoms with van der Waals surface area (Å²) in [6.45, 7) is 0. The number of aromatic nitrogens is 1. The first kappa shape index (κ1) is 25.8. The van der Waals surface area contributed by atoms with Gasteiger partial charge in [-0.1, -0.05) is 23.7 Å². The van der Waals surface area contributed by atoms with Crippen LogP contribution in [0.3, 0.4) is 0 Å². The van der Waals surface area contributed by atoms with Gasteiger partial charge in [-0.25, -0.2) is 8.42 Å². The first-order valence-electron chi connectivity index (χ1n) is 10.8. The lowest BCUT2D eigenvalue weighted by Gasteiger charge is -2.15. The molecule has 1 heterocycles. The molecule has 0 bridgehead atoms. The number of benzene rings is 3. The Hall–Kier alpha value is -3.33. The van der Waals surface area contributed by atoms with Crippen molar-refractivity contribution >= 4 is 44.8 Å². The van der Waals surface area contributed by atoms with Crippen LogP contribution in [-0.4, -0.2) is 38.9 Å². The van der Waals surface area contributed by atoms with Crippen LogP contribution in [0.5, 0.6) is 5.75 Å². The summed E-state index contributed by atoms with van der Waals surface area (Å²) in [5.74, 6) is -0.105. The number of thioether (sulfide) groups is 1. The molecule has 0 spiro atoms. The molecule has 1 amide bonds. The van der Waals surface area contributed by atoms with Gasteiger partial charge in [-0.3, -0.25) is 9.78 Å². The van der Waals surface area contributed by atoms with Gasteiger partial charge in [0.15, 0.2) is 9.84 Å². The molecule has 0 radical (unpaired) electrons. The van der Waals surface area contributed by atoms with Crippen LogP contribution >= 0.6 is 23.4 Å². The lowest BCUT2D eigenvalue weighted by Crippen LogP contribution is -2.13. The molecular weight excluding hydrogens is 516 g/mol. The Balaban J connectivity index is 1.74. The molecule has 6 nitrogen and oxygen atoms in total. The monoisotopic (exact) mass is 538 g/mol. The maximum atomic E-state index is 13.4. The lowest BCUT2D eigenvalue weighted by molar-refractivity contribution is 0.102. The fourth-order valence-electron chi connectivity index (χ4n) is 3.75. The van der Waals surface area contributed by atoms with Gasteiger partial charge in [0.1, 0.15) is 10.6 Å². The number of amides is 1. The molecule has 0 saturated carbocycles. The summed E-state index contributed by atoms with van der Waals surface area (Å²) in [4.78, 5) is 18.8. The fraction of sp³-hybridized carbons (Fsp3) is 0.111. The third-order valence-corrected chi connectivity index (χ3v) is 7.70. The van der Waals surface area contributed by atoms with Gasteiger partial charge in [0.05, 0.1) is 17.8 Å². The summed E-state index contributed by atoms with van der Waals surface area (Å²) in [7, 11) is -2.06. The van der Waals surface area contributed by atoms with Crippen LogP contribution in [0.4, 0.5) is 5.69 Å². The molecule has 3 aromatic carbocycles. The minimum Gasteiger partial charge on any atom is -0.495 e. The van der Waals surface area contributed by atoms with Gasteiger partial charge >= 0.3 is 0 Å². The van der Waals surface area contributed by atoms with Gasteiger partial charge in [-0.05, 0) is 78.0 Å². The summed E-state index contributed by atoms with van der Waals surface area (Å²) >= 11 is 7.93. The second-order valence-corrected chi connectivity index (χ2v) is 11.2. The molecule has 1 N–H and O–H groups in total. The van der Waals surface area contributed by atoms with Gasteiger partial charge in [-0.2, -0.15) is 0 Å². The standard InChI is InChI=1S/C27H23ClN2O4S2/c1-34-25-14-17(7-12-26(25)36(3,32)33)21-16-19(35-2)9-10-20(21)27(31)30-18-8-11-23(28)22(15-18)24-6-4-5-13-29-24/h4-16H,1-3H3,(H,30,31). The fourth-order valence-corrected chi connectivity index (χ4v) is 5.23. The number of nitrogens with zero attached hydrogens (tertiary/aromatic N) is 1. The number of pyridine rings is 1. The summed E-state index contributed by atoms with van der Waals surface area (Å²) in [5.41, 5.74) is 3.70. The number of carbonyl (C=O) groups excluding carboxylic acids is 1. The van der Waals surface area contributed by atoms with Crippen molar-refractivity contribution in [3.8, 4) is 28.1 Å². The van der Waals surface area contributed by atoms with Crippen LogP contribution in [0, 0.1) is 0 Å². The largest absolute Gasteiger partial charge is 0.495 e. The van der Waals surface area contributed by atoms with Crippen molar-refractivity contribution in [3.05, 3.63) is 89.6 Å². The molecule has 0 saturated heterocycles. The molecule has 0 aliphatic carbocycles. The van der Waals surface area contributed by atoms with Gasteiger partial charge in [-0.15, -0.1) is 11.8 Å². The van der Waals surface area contributed by atoms with Crippen molar-refractivity contribution in [1.29, 1.82) is 0 Å². The molecule has 4 aromatic rings. The number of hydrogen-bond donors (Lipinski definition) is 1. The van der Waals surface area contributed by atoms with Crippen LogP contribution in [0.2, 0.25) is 5.02 Å². The van der Waals surface area contributed by atoms with E-state index in [2.05, 4.69) is 10.3 Å². The number of carbonyl (C=O) groups is 1. The van der Waals surface area contributed by atoms with E-state index in [4.69, 9.17) is 16.3 Å². The number of nitrogens with one attached hydrogen (secondary N) is 1. The van der Waals surface area contributed by atoms with Crippen LogP contribution in [-0.2, 0) is 9.84 Å². The first-order valence-corrected chi connectivity index (χ1v) is 14.3. The van der Waals surface area contributed by atoms with Gasteiger partial charge in [0.25, 0.3) is 5.91 Å². The maximum absolute atomic E-state index is 13.4. The Morgan fingerprint density at radius 1 is 1.00 bits per heavy atom. The summed E-state index contributed by atoms with van der Waals surface area (Å²) in [6.07, 6.45) is 4.75. The summed E-state index contributed by atoms with van der Waals surface area (Å²) in [6, 6.07) is 21.1. The molecule has 184 valence electrons. The number of ether oxygens (including phenoxy) is 1. The van der Waals surface area contributed by atoms with E-state index in [1.165, 1.54) is 13.2 Å². The van der Waals surface area contributed by atoms with Gasteiger partial charge in [0, 0.05) is 34.2 Å². The third-order valence-electron chi connectivity index (χ3n) is 5.51. The van der Waals surface area contributed by atoms with Crippen molar-refractivity contribution in [3.63, 3.8) is 0 Å². The zero-order chi connectivity index (χ0) is 25.9. The second-order valence-electron chi connectivity index (χ2n) is 7.91.